The Bertz CT molecular complexity index is 777. The van der Waals surface area contributed by atoms with Gasteiger partial charge in [0.15, 0.2) is 0 Å². The van der Waals surface area contributed by atoms with Crippen LogP contribution in [0.4, 0.5) is 5.69 Å². The molecule has 4 rings (SSSR count). The molecule has 0 saturated carbocycles. The van der Waals surface area contributed by atoms with Crippen molar-refractivity contribution in [2.45, 2.75) is 45.9 Å². The SMILES string of the molecule is CC(C)C(=O)Nc1ccc2c(c1)nc1n2CCN(CC2CCCO2)C1. The minimum absolute atomic E-state index is 0.0303. The van der Waals surface area contributed by atoms with Crippen molar-refractivity contribution in [1.29, 1.82) is 0 Å². The van der Waals surface area contributed by atoms with E-state index in [4.69, 9.17) is 9.72 Å². The van der Waals surface area contributed by atoms with E-state index in [0.717, 1.165) is 55.3 Å². The Labute approximate surface area is 148 Å². The number of anilines is 1. The van der Waals surface area contributed by atoms with Crippen molar-refractivity contribution >= 4 is 22.6 Å². The molecule has 2 aliphatic rings. The summed E-state index contributed by atoms with van der Waals surface area (Å²) in [5.41, 5.74) is 2.92. The number of amides is 1. The van der Waals surface area contributed by atoms with Crippen LogP contribution in [0.3, 0.4) is 0 Å². The van der Waals surface area contributed by atoms with E-state index < -0.39 is 0 Å². The highest BCUT2D eigenvalue weighted by molar-refractivity contribution is 5.94. The number of aromatic nitrogens is 2. The average Bonchev–Trinajstić information content (AvgIpc) is 3.21. The quantitative estimate of drug-likeness (QED) is 0.928. The maximum atomic E-state index is 11.9. The molecular weight excluding hydrogens is 316 g/mol. The number of imidazole rings is 1. The van der Waals surface area contributed by atoms with E-state index in [0.29, 0.717) is 6.10 Å². The highest BCUT2D eigenvalue weighted by atomic mass is 16.5. The summed E-state index contributed by atoms with van der Waals surface area (Å²) in [7, 11) is 0. The maximum Gasteiger partial charge on any atom is 0.226 e. The van der Waals surface area contributed by atoms with Crippen molar-refractivity contribution in [3.63, 3.8) is 0 Å². The largest absolute Gasteiger partial charge is 0.377 e. The minimum Gasteiger partial charge on any atom is -0.377 e. The highest BCUT2D eigenvalue weighted by Gasteiger charge is 2.24. The number of hydrogen-bond acceptors (Lipinski definition) is 4. The van der Waals surface area contributed by atoms with Gasteiger partial charge in [-0.1, -0.05) is 13.8 Å². The van der Waals surface area contributed by atoms with E-state index >= 15 is 0 Å². The van der Waals surface area contributed by atoms with Gasteiger partial charge in [-0.05, 0) is 31.0 Å². The summed E-state index contributed by atoms with van der Waals surface area (Å²) in [4.78, 5) is 19.2. The van der Waals surface area contributed by atoms with Crippen molar-refractivity contribution in [3.05, 3.63) is 24.0 Å². The number of benzene rings is 1. The summed E-state index contributed by atoms with van der Waals surface area (Å²) in [6.07, 6.45) is 2.74. The Morgan fingerprint density at radius 1 is 1.40 bits per heavy atom. The third kappa shape index (κ3) is 3.41. The fraction of sp³-hybridized carbons (Fsp3) is 0.579. The number of hydrogen-bond donors (Lipinski definition) is 1. The molecule has 6 heteroatoms. The molecule has 1 unspecified atom stereocenters. The summed E-state index contributed by atoms with van der Waals surface area (Å²) in [6, 6.07) is 6.01. The van der Waals surface area contributed by atoms with Crippen LogP contribution in [0.25, 0.3) is 11.0 Å². The van der Waals surface area contributed by atoms with Gasteiger partial charge in [0, 0.05) is 37.8 Å². The van der Waals surface area contributed by atoms with Gasteiger partial charge in [-0.25, -0.2) is 4.98 Å². The van der Waals surface area contributed by atoms with Gasteiger partial charge in [0.25, 0.3) is 0 Å². The third-order valence-electron chi connectivity index (χ3n) is 5.11. The van der Waals surface area contributed by atoms with Crippen LogP contribution in [-0.4, -0.2) is 46.2 Å². The zero-order valence-electron chi connectivity index (χ0n) is 15.0. The summed E-state index contributed by atoms with van der Waals surface area (Å²) in [5, 5.41) is 2.96. The third-order valence-corrected chi connectivity index (χ3v) is 5.11. The molecule has 2 aromatic rings. The van der Waals surface area contributed by atoms with Gasteiger partial charge in [0.05, 0.1) is 23.7 Å². The minimum atomic E-state index is -0.0303. The van der Waals surface area contributed by atoms with E-state index in [9.17, 15) is 4.79 Å². The molecular formula is C19H26N4O2. The lowest BCUT2D eigenvalue weighted by Gasteiger charge is -2.29. The van der Waals surface area contributed by atoms with E-state index in [2.05, 4.69) is 20.9 Å². The molecule has 0 bridgehead atoms. The molecule has 0 radical (unpaired) electrons. The number of carbonyl (C=O) groups excluding carboxylic acids is 1. The molecule has 1 aromatic heterocycles. The molecule has 1 fully saturated rings. The van der Waals surface area contributed by atoms with Crippen LogP contribution in [0.15, 0.2) is 18.2 Å². The van der Waals surface area contributed by atoms with Crippen LogP contribution >= 0.6 is 0 Å². The zero-order chi connectivity index (χ0) is 17.4. The molecule has 1 aromatic carbocycles. The lowest BCUT2D eigenvalue weighted by molar-refractivity contribution is -0.118. The second kappa shape index (κ2) is 6.77. The molecule has 1 saturated heterocycles. The molecule has 1 amide bonds. The summed E-state index contributed by atoms with van der Waals surface area (Å²) in [5.74, 6) is 1.11. The van der Waals surface area contributed by atoms with E-state index in [1.165, 1.54) is 12.8 Å². The smallest absolute Gasteiger partial charge is 0.226 e. The molecule has 2 aliphatic heterocycles. The first-order valence-corrected chi connectivity index (χ1v) is 9.24. The van der Waals surface area contributed by atoms with E-state index in [1.807, 2.05) is 26.0 Å². The first-order chi connectivity index (χ1) is 12.1. The van der Waals surface area contributed by atoms with Gasteiger partial charge >= 0.3 is 0 Å². The first-order valence-electron chi connectivity index (χ1n) is 9.24. The molecule has 1 N–H and O–H groups in total. The van der Waals surface area contributed by atoms with Crippen LogP contribution in [0, 0.1) is 5.92 Å². The van der Waals surface area contributed by atoms with E-state index in [1.54, 1.807) is 0 Å². The first kappa shape index (κ1) is 16.5. The normalized spacial score (nSPS) is 21.0. The average molecular weight is 342 g/mol. The van der Waals surface area contributed by atoms with Crippen LogP contribution < -0.4 is 5.32 Å². The van der Waals surface area contributed by atoms with Crippen LogP contribution in [0.1, 0.15) is 32.5 Å². The summed E-state index contributed by atoms with van der Waals surface area (Å²) in [6.45, 7) is 8.54. The predicted molar refractivity (Wildman–Crippen MR) is 97.5 cm³/mol. The van der Waals surface area contributed by atoms with Crippen LogP contribution in [-0.2, 0) is 22.6 Å². The van der Waals surface area contributed by atoms with Crippen molar-refractivity contribution in [2.24, 2.45) is 5.92 Å². The van der Waals surface area contributed by atoms with Gasteiger partial charge in [-0.2, -0.15) is 0 Å². The van der Waals surface area contributed by atoms with Gasteiger partial charge in [0.1, 0.15) is 5.82 Å². The van der Waals surface area contributed by atoms with Crippen molar-refractivity contribution in [3.8, 4) is 0 Å². The van der Waals surface area contributed by atoms with Crippen molar-refractivity contribution < 1.29 is 9.53 Å². The molecule has 6 nitrogen and oxygen atoms in total. The van der Waals surface area contributed by atoms with Crippen molar-refractivity contribution in [1.82, 2.24) is 14.5 Å². The lowest BCUT2D eigenvalue weighted by atomic mass is 10.2. The fourth-order valence-electron chi connectivity index (χ4n) is 3.67. The molecule has 0 spiro atoms. The lowest BCUT2D eigenvalue weighted by Crippen LogP contribution is -2.38. The summed E-state index contributed by atoms with van der Waals surface area (Å²) >= 11 is 0. The highest BCUT2D eigenvalue weighted by Crippen LogP contribution is 2.25. The Morgan fingerprint density at radius 2 is 2.28 bits per heavy atom. The monoisotopic (exact) mass is 342 g/mol. The van der Waals surface area contributed by atoms with E-state index in [-0.39, 0.29) is 11.8 Å². The second-order valence-electron chi connectivity index (χ2n) is 7.40. The Hall–Kier alpha value is -1.92. The Balaban J connectivity index is 1.51. The Morgan fingerprint density at radius 3 is 3.04 bits per heavy atom. The topological polar surface area (TPSA) is 59.4 Å². The maximum absolute atomic E-state index is 11.9. The number of nitrogens with one attached hydrogen (secondary N) is 1. The molecule has 0 aliphatic carbocycles. The number of ether oxygens (including phenoxy) is 1. The molecule has 1 atom stereocenters. The van der Waals surface area contributed by atoms with Crippen LogP contribution in [0.2, 0.25) is 0 Å². The standard InChI is InChI=1S/C19H26N4O2/c1-13(2)19(24)20-14-5-6-17-16(10-14)21-18-12-22(7-8-23(17)18)11-15-4-3-9-25-15/h5-6,10,13,15H,3-4,7-9,11-12H2,1-2H3,(H,20,24). The van der Waals surface area contributed by atoms with Gasteiger partial charge in [-0.3, -0.25) is 9.69 Å². The Kier molecular flexibility index (Phi) is 4.48. The fourth-order valence-corrected chi connectivity index (χ4v) is 3.67. The molecule has 25 heavy (non-hydrogen) atoms. The van der Waals surface area contributed by atoms with Gasteiger partial charge in [-0.15, -0.1) is 0 Å². The number of carbonyl (C=O) groups is 1. The van der Waals surface area contributed by atoms with Crippen LogP contribution in [0.5, 0.6) is 0 Å². The number of nitrogens with zero attached hydrogens (tertiary/aromatic N) is 3. The van der Waals surface area contributed by atoms with Gasteiger partial charge in [0.2, 0.25) is 5.91 Å². The predicted octanol–water partition coefficient (Wildman–Crippen LogP) is 2.63. The molecule has 3 heterocycles. The second-order valence-corrected chi connectivity index (χ2v) is 7.40. The number of rotatable bonds is 4. The zero-order valence-corrected chi connectivity index (χ0v) is 15.0. The van der Waals surface area contributed by atoms with Crippen molar-refractivity contribution in [2.75, 3.05) is 25.0 Å². The number of fused-ring (bicyclic) bond motifs is 3. The van der Waals surface area contributed by atoms with Gasteiger partial charge < -0.3 is 14.6 Å². The molecule has 134 valence electrons. The summed E-state index contributed by atoms with van der Waals surface area (Å²) < 4.78 is 8.07.